The van der Waals surface area contributed by atoms with E-state index in [1.165, 1.54) is 12.8 Å². The van der Waals surface area contributed by atoms with Gasteiger partial charge in [0.05, 0.1) is 5.69 Å². The minimum absolute atomic E-state index is 0.0670. The molecule has 0 radical (unpaired) electrons. The summed E-state index contributed by atoms with van der Waals surface area (Å²) in [5.41, 5.74) is 7.43. The van der Waals surface area contributed by atoms with Gasteiger partial charge in [0.1, 0.15) is 0 Å². The molecule has 76 valence electrons. The van der Waals surface area contributed by atoms with Crippen molar-refractivity contribution in [2.45, 2.75) is 32.7 Å². The van der Waals surface area contributed by atoms with Gasteiger partial charge in [-0.1, -0.05) is 12.8 Å². The summed E-state index contributed by atoms with van der Waals surface area (Å²) >= 11 is 0. The second-order valence-electron chi connectivity index (χ2n) is 4.10. The third-order valence-corrected chi connectivity index (χ3v) is 2.95. The van der Waals surface area contributed by atoms with Crippen LogP contribution in [0.2, 0.25) is 0 Å². The lowest BCUT2D eigenvalue weighted by molar-refractivity contribution is 0.571. The summed E-state index contributed by atoms with van der Waals surface area (Å²) < 4.78 is 1.79. The fourth-order valence-corrected chi connectivity index (χ4v) is 1.69. The summed E-state index contributed by atoms with van der Waals surface area (Å²) in [6.07, 6.45) is 3.77. The number of aromatic nitrogens is 1. The van der Waals surface area contributed by atoms with Crippen molar-refractivity contribution in [3.8, 4) is 0 Å². The molecule has 1 aromatic heterocycles. The maximum atomic E-state index is 11.5. The Kier molecular flexibility index (Phi) is 2.32. The number of nitrogens with two attached hydrogens (primary N) is 1. The Hall–Kier alpha value is -1.25. The van der Waals surface area contributed by atoms with E-state index in [0.29, 0.717) is 5.69 Å². The predicted octanol–water partition coefficient (Wildman–Crippen LogP) is 1.54. The minimum atomic E-state index is 0.0670. The molecule has 14 heavy (non-hydrogen) atoms. The van der Waals surface area contributed by atoms with E-state index in [4.69, 9.17) is 5.73 Å². The third-order valence-electron chi connectivity index (χ3n) is 2.95. The van der Waals surface area contributed by atoms with Crippen molar-refractivity contribution in [2.75, 3.05) is 5.73 Å². The minimum Gasteiger partial charge on any atom is -0.397 e. The molecule has 3 heteroatoms. The first-order valence-corrected chi connectivity index (χ1v) is 5.14. The fourth-order valence-electron chi connectivity index (χ4n) is 1.69. The molecular formula is C11H16N2O. The van der Waals surface area contributed by atoms with Crippen LogP contribution < -0.4 is 11.3 Å². The molecule has 0 aromatic carbocycles. The largest absolute Gasteiger partial charge is 0.397 e. The molecule has 2 rings (SSSR count). The molecule has 1 heterocycles. The molecule has 1 saturated carbocycles. The van der Waals surface area contributed by atoms with Gasteiger partial charge in [0.25, 0.3) is 5.56 Å². The predicted molar refractivity (Wildman–Crippen MR) is 57.2 cm³/mol. The average molecular weight is 192 g/mol. The van der Waals surface area contributed by atoms with Crippen LogP contribution in [0.25, 0.3) is 0 Å². The van der Waals surface area contributed by atoms with Crippen molar-refractivity contribution in [2.24, 2.45) is 5.92 Å². The number of rotatable bonds is 3. The highest BCUT2D eigenvalue weighted by atomic mass is 16.1. The first kappa shape index (κ1) is 9.31. The van der Waals surface area contributed by atoms with Crippen molar-refractivity contribution >= 4 is 5.69 Å². The van der Waals surface area contributed by atoms with Crippen LogP contribution in [0.15, 0.2) is 16.9 Å². The zero-order valence-corrected chi connectivity index (χ0v) is 8.49. The highest BCUT2D eigenvalue weighted by Gasteiger charge is 2.21. The fraction of sp³-hybridized carbons (Fsp3) is 0.545. The quantitative estimate of drug-likeness (QED) is 0.789. The first-order chi connectivity index (χ1) is 6.68. The summed E-state index contributed by atoms with van der Waals surface area (Å²) in [7, 11) is 0. The van der Waals surface area contributed by atoms with Crippen molar-refractivity contribution in [1.29, 1.82) is 0 Å². The summed E-state index contributed by atoms with van der Waals surface area (Å²) in [5.74, 6) is 0.850. The molecule has 3 nitrogen and oxygen atoms in total. The molecule has 0 spiro atoms. The summed E-state index contributed by atoms with van der Waals surface area (Å²) in [6.45, 7) is 2.73. The summed E-state index contributed by atoms with van der Waals surface area (Å²) in [6, 6.07) is 3.24. The van der Waals surface area contributed by atoms with Crippen molar-refractivity contribution < 1.29 is 0 Å². The van der Waals surface area contributed by atoms with E-state index < -0.39 is 0 Å². The maximum absolute atomic E-state index is 11.5. The van der Waals surface area contributed by atoms with Gasteiger partial charge >= 0.3 is 0 Å². The van der Waals surface area contributed by atoms with Crippen LogP contribution in [-0.4, -0.2) is 4.57 Å². The number of nitrogen functional groups attached to an aromatic ring is 1. The highest BCUT2D eigenvalue weighted by molar-refractivity contribution is 5.41. The number of anilines is 1. The molecule has 1 aliphatic carbocycles. The van der Waals surface area contributed by atoms with Gasteiger partial charge < -0.3 is 10.3 Å². The van der Waals surface area contributed by atoms with Gasteiger partial charge in [0, 0.05) is 18.3 Å². The van der Waals surface area contributed by atoms with Crippen LogP contribution >= 0.6 is 0 Å². The van der Waals surface area contributed by atoms with Crippen molar-refractivity contribution in [3.05, 3.63) is 28.2 Å². The molecule has 0 saturated heterocycles. The third kappa shape index (κ3) is 1.81. The Labute approximate surface area is 83.5 Å². The van der Waals surface area contributed by atoms with Crippen LogP contribution in [0.4, 0.5) is 5.69 Å². The Morgan fingerprint density at radius 3 is 2.86 bits per heavy atom. The van der Waals surface area contributed by atoms with E-state index in [9.17, 15) is 4.79 Å². The van der Waals surface area contributed by atoms with Gasteiger partial charge in [-0.25, -0.2) is 0 Å². The molecule has 0 atom stereocenters. The topological polar surface area (TPSA) is 48.0 Å². The van der Waals surface area contributed by atoms with Crippen LogP contribution in [0.5, 0.6) is 0 Å². The van der Waals surface area contributed by atoms with Crippen LogP contribution in [-0.2, 0) is 6.54 Å². The van der Waals surface area contributed by atoms with E-state index in [-0.39, 0.29) is 5.56 Å². The lowest BCUT2D eigenvalue weighted by atomic mass is 10.2. The van der Waals surface area contributed by atoms with E-state index in [2.05, 4.69) is 0 Å². The van der Waals surface area contributed by atoms with E-state index >= 15 is 0 Å². The Morgan fingerprint density at radius 2 is 2.21 bits per heavy atom. The second-order valence-corrected chi connectivity index (χ2v) is 4.10. The highest BCUT2D eigenvalue weighted by Crippen LogP contribution is 2.32. The van der Waals surface area contributed by atoms with Crippen LogP contribution in [0.3, 0.4) is 0 Å². The second kappa shape index (κ2) is 3.48. The molecule has 1 fully saturated rings. The van der Waals surface area contributed by atoms with Gasteiger partial charge in [-0.3, -0.25) is 4.79 Å². The first-order valence-electron chi connectivity index (χ1n) is 5.14. The molecule has 1 aromatic rings. The number of nitrogens with zero attached hydrogens (tertiary/aromatic N) is 1. The molecule has 0 aliphatic heterocycles. The normalized spacial score (nSPS) is 15.8. The Balaban J connectivity index is 2.20. The van der Waals surface area contributed by atoms with Crippen molar-refractivity contribution in [1.82, 2.24) is 4.57 Å². The average Bonchev–Trinajstić information content (AvgIpc) is 2.95. The summed E-state index contributed by atoms with van der Waals surface area (Å²) in [5, 5.41) is 0. The molecular weight excluding hydrogens is 176 g/mol. The van der Waals surface area contributed by atoms with Gasteiger partial charge in [0.15, 0.2) is 0 Å². The monoisotopic (exact) mass is 192 g/mol. The summed E-state index contributed by atoms with van der Waals surface area (Å²) in [4.78, 5) is 11.5. The molecule has 0 bridgehead atoms. The lowest BCUT2D eigenvalue weighted by Crippen LogP contribution is -2.22. The molecule has 0 unspecified atom stereocenters. The lowest BCUT2D eigenvalue weighted by Gasteiger charge is -2.10. The van der Waals surface area contributed by atoms with Crippen molar-refractivity contribution in [3.63, 3.8) is 0 Å². The zero-order chi connectivity index (χ0) is 10.1. The smallest absolute Gasteiger partial charge is 0.250 e. The molecule has 2 N–H and O–H groups in total. The SMILES string of the molecule is Cc1c(N)ccc(=O)n1CCC1CC1. The number of hydrogen-bond donors (Lipinski definition) is 1. The van der Waals surface area contributed by atoms with E-state index in [0.717, 1.165) is 24.6 Å². The number of pyridine rings is 1. The van der Waals surface area contributed by atoms with Crippen LogP contribution in [0.1, 0.15) is 25.0 Å². The van der Waals surface area contributed by atoms with E-state index in [1.807, 2.05) is 6.92 Å². The maximum Gasteiger partial charge on any atom is 0.250 e. The van der Waals surface area contributed by atoms with Gasteiger partial charge in [-0.15, -0.1) is 0 Å². The van der Waals surface area contributed by atoms with E-state index in [1.54, 1.807) is 16.7 Å². The Morgan fingerprint density at radius 1 is 1.50 bits per heavy atom. The van der Waals surface area contributed by atoms with Crippen LogP contribution in [0, 0.1) is 12.8 Å². The number of hydrogen-bond acceptors (Lipinski definition) is 2. The zero-order valence-electron chi connectivity index (χ0n) is 8.49. The van der Waals surface area contributed by atoms with Gasteiger partial charge in [-0.05, 0) is 25.3 Å². The Bertz CT molecular complexity index is 391. The van der Waals surface area contributed by atoms with Gasteiger partial charge in [-0.2, -0.15) is 0 Å². The molecule has 0 amide bonds. The molecule has 1 aliphatic rings. The van der Waals surface area contributed by atoms with Gasteiger partial charge in [0.2, 0.25) is 0 Å². The standard InChI is InChI=1S/C11H16N2O/c1-8-10(12)4-5-11(14)13(8)7-6-9-2-3-9/h4-5,9H,2-3,6-7,12H2,1H3.